The lowest BCUT2D eigenvalue weighted by Crippen LogP contribution is -2.48. The predicted octanol–water partition coefficient (Wildman–Crippen LogP) is 1.48. The molecular formula is C12H22N2S. The summed E-state index contributed by atoms with van der Waals surface area (Å²) in [4.78, 5) is 5.36. The lowest BCUT2D eigenvalue weighted by atomic mass is 10.1. The van der Waals surface area contributed by atoms with Crippen molar-refractivity contribution < 1.29 is 0 Å². The molecule has 1 heterocycles. The molecule has 3 heteroatoms. The van der Waals surface area contributed by atoms with E-state index in [1.54, 1.807) is 0 Å². The minimum Gasteiger partial charge on any atom is -0.300 e. The number of hydrogen-bond donors (Lipinski definition) is 1. The van der Waals surface area contributed by atoms with E-state index in [1.165, 1.54) is 58.4 Å². The maximum Gasteiger partial charge on any atom is 0.0113 e. The van der Waals surface area contributed by atoms with Crippen LogP contribution in [0.1, 0.15) is 25.7 Å². The Morgan fingerprint density at radius 2 is 1.73 bits per heavy atom. The Kier molecular flexibility index (Phi) is 2.74. The van der Waals surface area contributed by atoms with Gasteiger partial charge in [-0.3, -0.25) is 4.90 Å². The SMILES string of the molecule is SCC1(CN2CCN(C3CC3)CC2)CC1. The van der Waals surface area contributed by atoms with Crippen LogP contribution >= 0.6 is 12.6 Å². The van der Waals surface area contributed by atoms with E-state index in [1.807, 2.05) is 0 Å². The highest BCUT2D eigenvalue weighted by molar-refractivity contribution is 7.80. The summed E-state index contributed by atoms with van der Waals surface area (Å²) in [5.74, 6) is 1.09. The molecule has 1 saturated heterocycles. The molecule has 86 valence electrons. The first-order valence-corrected chi connectivity index (χ1v) is 7.02. The van der Waals surface area contributed by atoms with Gasteiger partial charge in [0, 0.05) is 38.8 Å². The lowest BCUT2D eigenvalue weighted by Gasteiger charge is -2.36. The largest absolute Gasteiger partial charge is 0.300 e. The molecular weight excluding hydrogens is 204 g/mol. The Bertz CT molecular complexity index is 228. The van der Waals surface area contributed by atoms with Crippen molar-refractivity contribution in [1.29, 1.82) is 0 Å². The summed E-state index contributed by atoms with van der Waals surface area (Å²) in [5.41, 5.74) is 0.616. The van der Waals surface area contributed by atoms with E-state index in [4.69, 9.17) is 0 Å². The lowest BCUT2D eigenvalue weighted by molar-refractivity contribution is 0.112. The summed E-state index contributed by atoms with van der Waals surface area (Å²) in [6, 6.07) is 0.965. The molecule has 2 nitrogen and oxygen atoms in total. The summed E-state index contributed by atoms with van der Waals surface area (Å²) >= 11 is 4.49. The van der Waals surface area contributed by atoms with Gasteiger partial charge < -0.3 is 4.90 Å². The van der Waals surface area contributed by atoms with Crippen molar-refractivity contribution >= 4 is 12.6 Å². The average molecular weight is 226 g/mol. The summed E-state index contributed by atoms with van der Waals surface area (Å²) in [5, 5.41) is 0. The first kappa shape index (κ1) is 10.4. The van der Waals surface area contributed by atoms with Gasteiger partial charge in [0.05, 0.1) is 0 Å². The molecule has 0 amide bonds. The van der Waals surface area contributed by atoms with E-state index < -0.39 is 0 Å². The van der Waals surface area contributed by atoms with Gasteiger partial charge in [0.25, 0.3) is 0 Å². The molecule has 1 aliphatic heterocycles. The Balaban J connectivity index is 1.45. The average Bonchev–Trinajstić information content (AvgIpc) is 3.14. The van der Waals surface area contributed by atoms with Gasteiger partial charge in [-0.1, -0.05) is 0 Å². The summed E-state index contributed by atoms with van der Waals surface area (Å²) < 4.78 is 0. The standard InChI is InChI=1S/C12H22N2S/c15-10-12(3-4-12)9-13-5-7-14(8-6-13)11-1-2-11/h11,15H,1-10H2. The van der Waals surface area contributed by atoms with Gasteiger partial charge >= 0.3 is 0 Å². The quantitative estimate of drug-likeness (QED) is 0.725. The monoisotopic (exact) mass is 226 g/mol. The van der Waals surface area contributed by atoms with Crippen molar-refractivity contribution in [3.8, 4) is 0 Å². The number of hydrogen-bond acceptors (Lipinski definition) is 3. The van der Waals surface area contributed by atoms with Crippen LogP contribution in [0.4, 0.5) is 0 Å². The Labute approximate surface area is 98.4 Å². The summed E-state index contributed by atoms with van der Waals surface area (Å²) in [6.45, 7) is 6.54. The van der Waals surface area contributed by atoms with Crippen molar-refractivity contribution in [3.63, 3.8) is 0 Å². The first-order chi connectivity index (χ1) is 7.31. The van der Waals surface area contributed by atoms with Gasteiger partial charge in [-0.05, 0) is 36.9 Å². The molecule has 0 unspecified atom stereocenters. The Hall–Kier alpha value is 0.270. The van der Waals surface area contributed by atoms with Gasteiger partial charge in [-0.15, -0.1) is 0 Å². The number of thiol groups is 1. The van der Waals surface area contributed by atoms with Gasteiger partial charge in [-0.25, -0.2) is 0 Å². The normalized spacial score (nSPS) is 31.8. The second kappa shape index (κ2) is 3.94. The van der Waals surface area contributed by atoms with Gasteiger partial charge in [0.15, 0.2) is 0 Å². The highest BCUT2D eigenvalue weighted by Gasteiger charge is 2.43. The fourth-order valence-electron chi connectivity index (χ4n) is 2.74. The third-order valence-electron chi connectivity index (χ3n) is 4.32. The van der Waals surface area contributed by atoms with Crippen LogP contribution in [0.15, 0.2) is 0 Å². The molecule has 3 aliphatic rings. The van der Waals surface area contributed by atoms with Gasteiger partial charge in [0.1, 0.15) is 0 Å². The van der Waals surface area contributed by atoms with Crippen LogP contribution in [-0.2, 0) is 0 Å². The first-order valence-electron chi connectivity index (χ1n) is 6.39. The van der Waals surface area contributed by atoms with Crippen molar-refractivity contribution in [2.75, 3.05) is 38.5 Å². The molecule has 0 aromatic carbocycles. The van der Waals surface area contributed by atoms with E-state index in [-0.39, 0.29) is 0 Å². The Morgan fingerprint density at radius 1 is 1.07 bits per heavy atom. The van der Waals surface area contributed by atoms with Crippen LogP contribution in [0.3, 0.4) is 0 Å². The predicted molar refractivity (Wildman–Crippen MR) is 66.6 cm³/mol. The van der Waals surface area contributed by atoms with Crippen LogP contribution < -0.4 is 0 Å². The highest BCUT2D eigenvalue weighted by Crippen LogP contribution is 2.47. The van der Waals surface area contributed by atoms with E-state index in [0.717, 1.165) is 11.8 Å². The van der Waals surface area contributed by atoms with E-state index >= 15 is 0 Å². The van der Waals surface area contributed by atoms with Gasteiger partial charge in [0.2, 0.25) is 0 Å². The van der Waals surface area contributed by atoms with Crippen LogP contribution in [-0.4, -0.2) is 54.3 Å². The highest BCUT2D eigenvalue weighted by atomic mass is 32.1. The summed E-state index contributed by atoms with van der Waals surface area (Å²) in [6.07, 6.45) is 5.75. The third-order valence-corrected chi connectivity index (χ3v) is 4.99. The van der Waals surface area contributed by atoms with Crippen molar-refractivity contribution in [1.82, 2.24) is 9.80 Å². The third kappa shape index (κ3) is 2.34. The molecule has 0 spiro atoms. The number of piperazine rings is 1. The van der Waals surface area contributed by atoms with E-state index in [2.05, 4.69) is 22.4 Å². The Morgan fingerprint density at radius 3 is 2.20 bits per heavy atom. The molecule has 3 rings (SSSR count). The number of rotatable bonds is 4. The molecule has 3 fully saturated rings. The van der Waals surface area contributed by atoms with Crippen LogP contribution in [0.2, 0.25) is 0 Å². The minimum absolute atomic E-state index is 0.616. The van der Waals surface area contributed by atoms with Gasteiger partial charge in [-0.2, -0.15) is 12.6 Å². The van der Waals surface area contributed by atoms with Crippen LogP contribution in [0.5, 0.6) is 0 Å². The molecule has 2 aliphatic carbocycles. The molecule has 0 N–H and O–H groups in total. The zero-order chi connectivity index (χ0) is 10.3. The topological polar surface area (TPSA) is 6.48 Å². The fourth-order valence-corrected chi connectivity index (χ4v) is 3.16. The molecule has 15 heavy (non-hydrogen) atoms. The second-order valence-electron chi connectivity index (χ2n) is 5.70. The second-order valence-corrected chi connectivity index (χ2v) is 6.02. The van der Waals surface area contributed by atoms with Crippen molar-refractivity contribution in [3.05, 3.63) is 0 Å². The zero-order valence-electron chi connectivity index (χ0n) is 9.49. The van der Waals surface area contributed by atoms with Crippen molar-refractivity contribution in [2.24, 2.45) is 5.41 Å². The number of nitrogens with zero attached hydrogens (tertiary/aromatic N) is 2. The van der Waals surface area contributed by atoms with Crippen molar-refractivity contribution in [2.45, 2.75) is 31.7 Å². The van der Waals surface area contributed by atoms with Crippen LogP contribution in [0, 0.1) is 5.41 Å². The molecule has 2 saturated carbocycles. The van der Waals surface area contributed by atoms with E-state index in [9.17, 15) is 0 Å². The molecule has 0 atom stereocenters. The summed E-state index contributed by atoms with van der Waals surface area (Å²) in [7, 11) is 0. The maximum absolute atomic E-state index is 4.49. The molecule has 0 radical (unpaired) electrons. The van der Waals surface area contributed by atoms with Crippen LogP contribution in [0.25, 0.3) is 0 Å². The fraction of sp³-hybridized carbons (Fsp3) is 1.00. The molecule has 0 aromatic heterocycles. The molecule has 0 bridgehead atoms. The zero-order valence-corrected chi connectivity index (χ0v) is 10.4. The minimum atomic E-state index is 0.616. The smallest absolute Gasteiger partial charge is 0.0113 e. The van der Waals surface area contributed by atoms with E-state index in [0.29, 0.717) is 5.41 Å². The molecule has 0 aromatic rings. The maximum atomic E-state index is 4.49.